The van der Waals surface area contributed by atoms with E-state index in [0.717, 1.165) is 44.5 Å². The van der Waals surface area contributed by atoms with Crippen LogP contribution in [0.25, 0.3) is 33.4 Å². The lowest BCUT2D eigenvalue weighted by Gasteiger charge is -2.19. The third-order valence-electron chi connectivity index (χ3n) is 5.40. The molecule has 0 bridgehead atoms. The summed E-state index contributed by atoms with van der Waals surface area (Å²) in [6.45, 7) is 1.90. The Hall–Kier alpha value is -3.60. The molecule has 2 aromatic carbocycles. The van der Waals surface area contributed by atoms with Crippen molar-refractivity contribution in [3.05, 3.63) is 71.1 Å². The molecule has 30 heavy (non-hydrogen) atoms. The first kappa shape index (κ1) is 19.7. The molecule has 5 heteroatoms. The van der Waals surface area contributed by atoms with E-state index in [2.05, 4.69) is 0 Å². The second-order valence-corrected chi connectivity index (χ2v) is 7.98. The summed E-state index contributed by atoms with van der Waals surface area (Å²) in [6, 6.07) is 17.6. The predicted octanol–water partition coefficient (Wildman–Crippen LogP) is 4.31. The maximum atomic E-state index is 12.1. The molecular weight excluding hydrogens is 376 g/mol. The Morgan fingerprint density at radius 3 is 2.37 bits per heavy atom. The number of carbonyl (C=O) groups is 1. The van der Waals surface area contributed by atoms with E-state index in [1.165, 1.54) is 0 Å². The molecular formula is C25H25N2O3+. The zero-order chi connectivity index (χ0) is 21.6. The van der Waals surface area contributed by atoms with E-state index >= 15 is 0 Å². The number of hydrogen-bond acceptors (Lipinski definition) is 3. The van der Waals surface area contributed by atoms with Gasteiger partial charge in [-0.2, -0.15) is 0 Å². The van der Waals surface area contributed by atoms with E-state index in [0.29, 0.717) is 5.56 Å². The van der Waals surface area contributed by atoms with E-state index in [-0.39, 0.29) is 5.56 Å². The number of aromatic carboxylic acids is 1. The Bertz CT molecular complexity index is 1330. The van der Waals surface area contributed by atoms with Crippen LogP contribution >= 0.6 is 0 Å². The van der Waals surface area contributed by atoms with E-state index in [4.69, 9.17) is 4.42 Å². The zero-order valence-corrected chi connectivity index (χ0v) is 17.9. The van der Waals surface area contributed by atoms with Gasteiger partial charge in [0.2, 0.25) is 5.36 Å². The fourth-order valence-corrected chi connectivity index (χ4v) is 3.77. The first-order chi connectivity index (χ1) is 14.3. The zero-order valence-electron chi connectivity index (χ0n) is 17.9. The third kappa shape index (κ3) is 3.32. The summed E-state index contributed by atoms with van der Waals surface area (Å²) in [6.07, 6.45) is 0. The molecule has 2 aromatic rings. The number of carboxylic acid groups (broad SMARTS) is 1. The summed E-state index contributed by atoms with van der Waals surface area (Å²) in [5.41, 5.74) is 5.39. The van der Waals surface area contributed by atoms with Gasteiger partial charge in [-0.1, -0.05) is 17.7 Å². The van der Waals surface area contributed by atoms with Crippen molar-refractivity contribution in [1.82, 2.24) is 4.58 Å². The summed E-state index contributed by atoms with van der Waals surface area (Å²) in [7, 11) is 7.93. The van der Waals surface area contributed by atoms with Gasteiger partial charge in [0.25, 0.3) is 0 Å². The van der Waals surface area contributed by atoms with Crippen LogP contribution < -0.4 is 14.8 Å². The fraction of sp³-hybridized carbons (Fsp3) is 0.200. The van der Waals surface area contributed by atoms with Crippen LogP contribution in [0.1, 0.15) is 15.9 Å². The van der Waals surface area contributed by atoms with Gasteiger partial charge in [-0.15, -0.1) is 0 Å². The van der Waals surface area contributed by atoms with Crippen molar-refractivity contribution in [2.75, 3.05) is 33.1 Å². The largest absolute Gasteiger partial charge is 0.478 e. The molecule has 0 fully saturated rings. The van der Waals surface area contributed by atoms with E-state index in [1.54, 1.807) is 6.07 Å². The van der Waals surface area contributed by atoms with Gasteiger partial charge in [0, 0.05) is 48.4 Å². The van der Waals surface area contributed by atoms with Crippen molar-refractivity contribution in [3.63, 3.8) is 0 Å². The van der Waals surface area contributed by atoms with E-state index < -0.39 is 5.97 Å². The highest BCUT2D eigenvalue weighted by molar-refractivity contribution is 6.07. The lowest BCUT2D eigenvalue weighted by Crippen LogP contribution is -2.21. The van der Waals surface area contributed by atoms with Gasteiger partial charge >= 0.3 is 5.97 Å². The number of benzene rings is 3. The monoisotopic (exact) mass is 401 g/mol. The highest BCUT2D eigenvalue weighted by atomic mass is 16.4. The molecule has 1 aliphatic carbocycles. The van der Waals surface area contributed by atoms with Crippen molar-refractivity contribution in [3.8, 4) is 22.5 Å². The Balaban J connectivity index is 2.19. The van der Waals surface area contributed by atoms with Gasteiger partial charge in [0.1, 0.15) is 25.4 Å². The Kier molecular flexibility index (Phi) is 4.82. The van der Waals surface area contributed by atoms with E-state index in [1.807, 2.05) is 93.1 Å². The number of rotatable bonds is 3. The van der Waals surface area contributed by atoms with Gasteiger partial charge < -0.3 is 14.4 Å². The van der Waals surface area contributed by atoms with Gasteiger partial charge in [-0.25, -0.2) is 9.37 Å². The number of hydrogen-bond donors (Lipinski definition) is 1. The topological polar surface area (TPSA) is 56.7 Å². The molecule has 0 aromatic heterocycles. The van der Waals surface area contributed by atoms with Crippen LogP contribution in [-0.2, 0) is 0 Å². The summed E-state index contributed by atoms with van der Waals surface area (Å²) >= 11 is 0. The summed E-state index contributed by atoms with van der Waals surface area (Å²) in [5, 5.41) is 11.8. The highest BCUT2D eigenvalue weighted by Gasteiger charge is 2.22. The van der Waals surface area contributed by atoms with Crippen molar-refractivity contribution in [2.45, 2.75) is 6.92 Å². The minimum Gasteiger partial charge on any atom is -0.478 e. The number of fused-ring (bicyclic) bond motifs is 2. The molecule has 1 aliphatic heterocycles. The van der Waals surface area contributed by atoms with Crippen LogP contribution in [-0.4, -0.2) is 39.3 Å². The molecule has 0 atom stereocenters. The molecule has 4 rings (SSSR count). The van der Waals surface area contributed by atoms with Crippen molar-refractivity contribution in [1.29, 1.82) is 0 Å². The molecule has 2 aliphatic rings. The molecule has 0 amide bonds. The van der Waals surface area contributed by atoms with Gasteiger partial charge in [0.05, 0.1) is 11.6 Å². The average Bonchev–Trinajstić information content (AvgIpc) is 2.71. The number of aryl methyl sites for hydroxylation is 1. The molecule has 1 N–H and O–H groups in total. The molecule has 0 radical (unpaired) electrons. The third-order valence-corrected chi connectivity index (χ3v) is 5.40. The predicted molar refractivity (Wildman–Crippen MR) is 121 cm³/mol. The normalized spacial score (nSPS) is 11.1. The average molecular weight is 401 g/mol. The molecule has 0 saturated heterocycles. The lowest BCUT2D eigenvalue weighted by molar-refractivity contribution is 0.0697. The maximum absolute atomic E-state index is 12.1. The minimum absolute atomic E-state index is 0.289. The summed E-state index contributed by atoms with van der Waals surface area (Å²) in [5.74, 6) is -0.220. The first-order valence-electron chi connectivity index (χ1n) is 9.79. The second kappa shape index (κ2) is 7.34. The Labute approximate surface area is 175 Å². The lowest BCUT2D eigenvalue weighted by atomic mass is 9.90. The first-order valence-corrected chi connectivity index (χ1v) is 9.79. The molecule has 1 heterocycles. The van der Waals surface area contributed by atoms with Crippen LogP contribution in [0.15, 0.2) is 59.0 Å². The Morgan fingerprint density at radius 1 is 0.967 bits per heavy atom. The van der Waals surface area contributed by atoms with Crippen molar-refractivity contribution < 1.29 is 14.3 Å². The molecule has 0 saturated carbocycles. The highest BCUT2D eigenvalue weighted by Crippen LogP contribution is 2.42. The SMILES string of the molecule is Cc1ccc(-c2c3ccc(=[N+](C)C)cc-3oc3cc(N(C)C)ccc23)c(C(=O)O)c1. The van der Waals surface area contributed by atoms with Crippen molar-refractivity contribution >= 4 is 22.6 Å². The molecule has 5 nitrogen and oxygen atoms in total. The number of carboxylic acids is 1. The minimum atomic E-state index is -0.939. The summed E-state index contributed by atoms with van der Waals surface area (Å²) in [4.78, 5) is 14.1. The maximum Gasteiger partial charge on any atom is 0.336 e. The van der Waals surface area contributed by atoms with Crippen molar-refractivity contribution in [2.24, 2.45) is 0 Å². The number of nitrogens with zero attached hydrogens (tertiary/aromatic N) is 2. The molecule has 152 valence electrons. The number of anilines is 1. The fourth-order valence-electron chi connectivity index (χ4n) is 3.77. The van der Waals surface area contributed by atoms with Crippen LogP contribution in [0.4, 0.5) is 5.69 Å². The van der Waals surface area contributed by atoms with Crippen LogP contribution in [0.3, 0.4) is 0 Å². The Morgan fingerprint density at radius 2 is 1.70 bits per heavy atom. The van der Waals surface area contributed by atoms with Crippen LogP contribution in [0, 0.1) is 6.92 Å². The van der Waals surface area contributed by atoms with Gasteiger partial charge in [-0.05, 0) is 36.8 Å². The quantitative estimate of drug-likeness (QED) is 0.411. The molecule has 0 spiro atoms. The molecule has 0 unspecified atom stereocenters. The summed E-state index contributed by atoms with van der Waals surface area (Å²) < 4.78 is 8.33. The van der Waals surface area contributed by atoms with Gasteiger partial charge in [-0.3, -0.25) is 0 Å². The van der Waals surface area contributed by atoms with Gasteiger partial charge in [0.15, 0.2) is 0 Å². The standard InChI is InChI=1S/C25H24N2O3/c1-15-6-9-18(21(12-15)25(28)29)24-19-10-7-16(26(2)3)13-22(19)30-23-14-17(27(4)5)8-11-20(23)24/h6-14H,1-5H3/p+1. The second-order valence-electron chi connectivity index (χ2n) is 7.98. The van der Waals surface area contributed by atoms with Crippen LogP contribution in [0.2, 0.25) is 0 Å². The smallest absolute Gasteiger partial charge is 0.336 e. The van der Waals surface area contributed by atoms with E-state index in [9.17, 15) is 9.90 Å². The van der Waals surface area contributed by atoms with Crippen LogP contribution in [0.5, 0.6) is 0 Å².